The molecule has 0 radical (unpaired) electrons. The van der Waals surface area contributed by atoms with Crippen LogP contribution in [0.15, 0.2) is 16.7 Å². The number of aryl methyl sites for hydroxylation is 1. The highest BCUT2D eigenvalue weighted by molar-refractivity contribution is 5.94. The monoisotopic (exact) mass is 195 g/mol. The first-order valence-corrected chi connectivity index (χ1v) is 4.64. The Bertz CT molecular complexity index is 352. The van der Waals surface area contributed by atoms with E-state index in [1.54, 1.807) is 13.0 Å². The molecule has 0 atom stereocenters. The largest absolute Gasteiger partial charge is 0.469 e. The van der Waals surface area contributed by atoms with Crippen molar-refractivity contribution in [3.05, 3.63) is 23.7 Å². The second-order valence-electron chi connectivity index (χ2n) is 3.84. The van der Waals surface area contributed by atoms with Gasteiger partial charge in [-0.2, -0.15) is 0 Å². The van der Waals surface area contributed by atoms with Crippen LogP contribution in [0.1, 0.15) is 29.0 Å². The average Bonchev–Trinajstić information content (AvgIpc) is 2.80. The summed E-state index contributed by atoms with van der Waals surface area (Å²) in [5, 5.41) is 11.8. The first kappa shape index (κ1) is 9.27. The number of carbonyl (C=O) groups is 1. The number of aliphatic hydroxyl groups excluding tert-OH is 1. The summed E-state index contributed by atoms with van der Waals surface area (Å²) < 4.78 is 5.03. The van der Waals surface area contributed by atoms with Crippen molar-refractivity contribution in [1.29, 1.82) is 0 Å². The number of carbonyl (C=O) groups excluding carboxylic acids is 1. The summed E-state index contributed by atoms with van der Waals surface area (Å²) in [4.78, 5) is 11.6. The second-order valence-corrected chi connectivity index (χ2v) is 3.84. The van der Waals surface area contributed by atoms with Gasteiger partial charge in [-0.25, -0.2) is 0 Å². The first-order valence-electron chi connectivity index (χ1n) is 4.64. The Morgan fingerprint density at radius 3 is 2.86 bits per heavy atom. The van der Waals surface area contributed by atoms with E-state index in [-0.39, 0.29) is 18.1 Å². The topological polar surface area (TPSA) is 62.5 Å². The fraction of sp³-hybridized carbons (Fsp3) is 0.500. The van der Waals surface area contributed by atoms with E-state index in [9.17, 15) is 4.79 Å². The van der Waals surface area contributed by atoms with Crippen molar-refractivity contribution in [2.45, 2.75) is 25.3 Å². The molecule has 76 valence electrons. The molecular weight excluding hydrogens is 182 g/mol. The van der Waals surface area contributed by atoms with Crippen molar-refractivity contribution < 1.29 is 14.3 Å². The summed E-state index contributed by atoms with van der Waals surface area (Å²) in [6.07, 6.45) is 3.14. The maximum Gasteiger partial charge on any atom is 0.255 e. The van der Waals surface area contributed by atoms with Gasteiger partial charge in [-0.05, 0) is 25.8 Å². The van der Waals surface area contributed by atoms with E-state index in [0.29, 0.717) is 11.3 Å². The zero-order chi connectivity index (χ0) is 10.2. The number of aliphatic hydroxyl groups is 1. The molecule has 4 nitrogen and oxygen atoms in total. The molecule has 4 heteroatoms. The van der Waals surface area contributed by atoms with Gasteiger partial charge < -0.3 is 14.8 Å². The maximum absolute atomic E-state index is 11.6. The molecule has 1 aromatic rings. The van der Waals surface area contributed by atoms with Crippen LogP contribution in [0.25, 0.3) is 0 Å². The molecule has 1 aromatic heterocycles. The third-order valence-electron chi connectivity index (χ3n) is 2.53. The summed E-state index contributed by atoms with van der Waals surface area (Å²) in [6, 6.07) is 1.68. The van der Waals surface area contributed by atoms with Crippen LogP contribution in [0.5, 0.6) is 0 Å². The van der Waals surface area contributed by atoms with E-state index in [1.807, 2.05) is 0 Å². The van der Waals surface area contributed by atoms with Crippen LogP contribution in [0.3, 0.4) is 0 Å². The number of rotatable bonds is 3. The lowest BCUT2D eigenvalue weighted by Gasteiger charge is -2.12. The molecule has 1 aliphatic carbocycles. The number of hydrogen-bond acceptors (Lipinski definition) is 3. The summed E-state index contributed by atoms with van der Waals surface area (Å²) in [6.45, 7) is 1.80. The van der Waals surface area contributed by atoms with Crippen LogP contribution in [-0.4, -0.2) is 23.2 Å². The molecule has 1 amide bonds. The van der Waals surface area contributed by atoms with Crippen LogP contribution < -0.4 is 5.32 Å². The molecule has 0 aromatic carbocycles. The van der Waals surface area contributed by atoms with E-state index in [0.717, 1.165) is 12.8 Å². The number of amides is 1. The lowest BCUT2D eigenvalue weighted by atomic mass is 10.2. The fourth-order valence-corrected chi connectivity index (χ4v) is 1.35. The van der Waals surface area contributed by atoms with Gasteiger partial charge in [0.15, 0.2) is 0 Å². The zero-order valence-corrected chi connectivity index (χ0v) is 8.04. The smallest absolute Gasteiger partial charge is 0.255 e. The van der Waals surface area contributed by atoms with Gasteiger partial charge in [0.05, 0.1) is 17.7 Å². The highest BCUT2D eigenvalue weighted by Crippen LogP contribution is 2.34. The van der Waals surface area contributed by atoms with Crippen LogP contribution in [0, 0.1) is 6.92 Å². The maximum atomic E-state index is 11.6. The number of furan rings is 1. The Labute approximate surface area is 81.9 Å². The predicted molar refractivity (Wildman–Crippen MR) is 50.0 cm³/mol. The van der Waals surface area contributed by atoms with Crippen molar-refractivity contribution in [1.82, 2.24) is 5.32 Å². The Kier molecular flexibility index (Phi) is 2.07. The normalized spacial score (nSPS) is 17.9. The number of hydrogen-bond donors (Lipinski definition) is 2. The van der Waals surface area contributed by atoms with Crippen molar-refractivity contribution >= 4 is 5.91 Å². The number of nitrogens with one attached hydrogen (secondary N) is 1. The lowest BCUT2D eigenvalue weighted by Crippen LogP contribution is -2.39. The Morgan fingerprint density at radius 2 is 2.43 bits per heavy atom. The molecule has 1 aliphatic rings. The lowest BCUT2D eigenvalue weighted by molar-refractivity contribution is 0.0906. The van der Waals surface area contributed by atoms with Crippen molar-refractivity contribution in [3.8, 4) is 0 Å². The van der Waals surface area contributed by atoms with Gasteiger partial charge in [-0.1, -0.05) is 0 Å². The van der Waals surface area contributed by atoms with Crippen LogP contribution in [0.2, 0.25) is 0 Å². The van der Waals surface area contributed by atoms with E-state index >= 15 is 0 Å². The molecule has 1 heterocycles. The molecule has 1 saturated carbocycles. The summed E-state index contributed by atoms with van der Waals surface area (Å²) >= 11 is 0. The third-order valence-corrected chi connectivity index (χ3v) is 2.53. The van der Waals surface area contributed by atoms with Crippen LogP contribution >= 0.6 is 0 Å². The molecule has 0 saturated heterocycles. The highest BCUT2D eigenvalue weighted by Gasteiger charge is 2.43. The second kappa shape index (κ2) is 3.13. The molecule has 0 bridgehead atoms. The van der Waals surface area contributed by atoms with Gasteiger partial charge in [0.2, 0.25) is 0 Å². The summed E-state index contributed by atoms with van der Waals surface area (Å²) in [7, 11) is 0. The minimum Gasteiger partial charge on any atom is -0.469 e. The highest BCUT2D eigenvalue weighted by atomic mass is 16.3. The molecule has 0 aliphatic heterocycles. The van der Waals surface area contributed by atoms with E-state index in [2.05, 4.69) is 5.32 Å². The Morgan fingerprint density at radius 1 is 1.71 bits per heavy atom. The Balaban J connectivity index is 2.03. The van der Waals surface area contributed by atoms with Gasteiger partial charge in [0.1, 0.15) is 12.0 Å². The minimum absolute atomic E-state index is 0.00950. The van der Waals surface area contributed by atoms with Gasteiger partial charge in [-0.15, -0.1) is 0 Å². The molecule has 2 rings (SSSR count). The van der Waals surface area contributed by atoms with E-state index in [1.165, 1.54) is 6.26 Å². The Hall–Kier alpha value is -1.29. The molecule has 0 unspecified atom stereocenters. The fourth-order valence-electron chi connectivity index (χ4n) is 1.35. The van der Waals surface area contributed by atoms with E-state index in [4.69, 9.17) is 9.52 Å². The first-order chi connectivity index (χ1) is 6.65. The van der Waals surface area contributed by atoms with Gasteiger partial charge in [-0.3, -0.25) is 4.79 Å². The standard InChI is InChI=1S/C10H13NO3/c1-7-4-8(5-14-7)9(13)11-10(6-12)2-3-10/h4-5,12H,2-3,6H2,1H3,(H,11,13). The van der Waals surface area contributed by atoms with Gasteiger partial charge in [0.25, 0.3) is 5.91 Å². The molecular formula is C10H13NO3. The minimum atomic E-state index is -0.359. The van der Waals surface area contributed by atoms with Gasteiger partial charge >= 0.3 is 0 Å². The molecule has 14 heavy (non-hydrogen) atoms. The predicted octanol–water partition coefficient (Wildman–Crippen LogP) is 0.843. The van der Waals surface area contributed by atoms with Crippen molar-refractivity contribution in [2.75, 3.05) is 6.61 Å². The summed E-state index contributed by atoms with van der Waals surface area (Å²) in [5.41, 5.74) is 0.157. The van der Waals surface area contributed by atoms with E-state index < -0.39 is 0 Å². The zero-order valence-electron chi connectivity index (χ0n) is 8.04. The quantitative estimate of drug-likeness (QED) is 0.751. The average molecular weight is 195 g/mol. The molecule has 0 spiro atoms. The molecule has 2 N–H and O–H groups in total. The third kappa shape index (κ3) is 1.65. The molecule has 1 fully saturated rings. The van der Waals surface area contributed by atoms with Crippen LogP contribution in [-0.2, 0) is 0 Å². The van der Waals surface area contributed by atoms with Crippen LogP contribution in [0.4, 0.5) is 0 Å². The van der Waals surface area contributed by atoms with Gasteiger partial charge in [0, 0.05) is 0 Å². The summed E-state index contributed by atoms with van der Waals surface area (Å²) in [5.74, 6) is 0.539. The van der Waals surface area contributed by atoms with Crippen molar-refractivity contribution in [3.63, 3.8) is 0 Å². The SMILES string of the molecule is Cc1cc(C(=O)NC2(CO)CC2)co1. The van der Waals surface area contributed by atoms with Crippen molar-refractivity contribution in [2.24, 2.45) is 0 Å².